The molecular weight excluding hydrogens is 306 g/mol. The van der Waals surface area contributed by atoms with E-state index >= 15 is 0 Å². The molecule has 1 aliphatic carbocycles. The number of aromatic nitrogens is 1. The van der Waals surface area contributed by atoms with Gasteiger partial charge in [-0.15, -0.1) is 0 Å². The number of H-pyrrole nitrogens is 1. The molecule has 2 N–H and O–H groups in total. The van der Waals surface area contributed by atoms with Gasteiger partial charge in [0.25, 0.3) is 0 Å². The van der Waals surface area contributed by atoms with Crippen LogP contribution in [0.1, 0.15) is 12.1 Å². The molecule has 6 heteroatoms. The summed E-state index contributed by atoms with van der Waals surface area (Å²) in [5, 5.41) is 2.52. The Morgan fingerprint density at radius 3 is 2.89 bits per heavy atom. The molecule has 0 aliphatic heterocycles. The maximum atomic E-state index is 13.5. The second-order valence-corrected chi connectivity index (χ2v) is 5.07. The van der Waals surface area contributed by atoms with Crippen LogP contribution in [0.3, 0.4) is 0 Å². The standard InChI is InChI=1S/C12H11BrF2N2O/c13-8-3-11(17-5-8)12(6-16-7-18)2-1-9(14)10(15)4-12/h1-3,5,7,17H,4,6H2,(H,16,18). The van der Waals surface area contributed by atoms with Crippen LogP contribution in [0.4, 0.5) is 8.78 Å². The zero-order chi connectivity index (χ0) is 13.2. The van der Waals surface area contributed by atoms with Gasteiger partial charge in [0.1, 0.15) is 5.83 Å². The molecule has 1 aliphatic rings. The predicted octanol–water partition coefficient (Wildman–Crippen LogP) is 2.87. The number of allylic oxidation sites excluding steroid dienone is 3. The minimum absolute atomic E-state index is 0.122. The van der Waals surface area contributed by atoms with Crippen molar-refractivity contribution in [1.82, 2.24) is 10.3 Å². The fourth-order valence-corrected chi connectivity index (χ4v) is 2.37. The fraction of sp³-hybridized carbons (Fsp3) is 0.250. The second kappa shape index (κ2) is 5.06. The number of nitrogens with one attached hydrogen (secondary N) is 2. The van der Waals surface area contributed by atoms with Crippen molar-refractivity contribution < 1.29 is 13.6 Å². The van der Waals surface area contributed by atoms with Gasteiger partial charge in [0, 0.05) is 29.3 Å². The van der Waals surface area contributed by atoms with E-state index in [0.29, 0.717) is 12.1 Å². The molecule has 1 heterocycles. The largest absolute Gasteiger partial charge is 0.363 e. The Morgan fingerprint density at radius 1 is 1.56 bits per heavy atom. The van der Waals surface area contributed by atoms with Gasteiger partial charge in [-0.1, -0.05) is 6.08 Å². The molecule has 0 aromatic carbocycles. The summed E-state index contributed by atoms with van der Waals surface area (Å²) in [7, 11) is 0. The number of hydrogen-bond acceptors (Lipinski definition) is 1. The number of halogens is 3. The van der Waals surface area contributed by atoms with Gasteiger partial charge in [-0.2, -0.15) is 0 Å². The van der Waals surface area contributed by atoms with Gasteiger partial charge in [-0.25, -0.2) is 8.78 Å². The van der Waals surface area contributed by atoms with Crippen molar-refractivity contribution in [2.75, 3.05) is 6.54 Å². The summed E-state index contributed by atoms with van der Waals surface area (Å²) >= 11 is 3.29. The van der Waals surface area contributed by atoms with E-state index in [0.717, 1.165) is 10.5 Å². The van der Waals surface area contributed by atoms with Crippen molar-refractivity contribution in [3.63, 3.8) is 0 Å². The van der Waals surface area contributed by atoms with Crippen LogP contribution >= 0.6 is 15.9 Å². The van der Waals surface area contributed by atoms with Crippen molar-refractivity contribution in [2.24, 2.45) is 0 Å². The first kappa shape index (κ1) is 13.0. The van der Waals surface area contributed by atoms with E-state index in [4.69, 9.17) is 0 Å². The maximum absolute atomic E-state index is 13.5. The van der Waals surface area contributed by atoms with Crippen molar-refractivity contribution in [1.29, 1.82) is 0 Å². The lowest BCUT2D eigenvalue weighted by Gasteiger charge is -2.31. The number of carbonyl (C=O) groups is 1. The molecule has 1 amide bonds. The summed E-state index contributed by atoms with van der Waals surface area (Å²) in [4.78, 5) is 13.4. The average Bonchev–Trinajstić information content (AvgIpc) is 2.78. The average molecular weight is 317 g/mol. The summed E-state index contributed by atoms with van der Waals surface area (Å²) in [6, 6.07) is 1.79. The Bertz CT molecular complexity index is 524. The third-order valence-electron chi connectivity index (χ3n) is 2.96. The SMILES string of the molecule is O=CNCC1(c2cc(Br)c[nH]2)C=CC(F)=C(F)C1. The zero-order valence-corrected chi connectivity index (χ0v) is 10.9. The first-order chi connectivity index (χ1) is 8.57. The first-order valence-electron chi connectivity index (χ1n) is 5.32. The normalized spacial score (nSPS) is 23.3. The summed E-state index contributed by atoms with van der Waals surface area (Å²) in [5.41, 5.74) is -0.0744. The highest BCUT2D eigenvalue weighted by Crippen LogP contribution is 2.38. The zero-order valence-electron chi connectivity index (χ0n) is 9.34. The molecular formula is C12H11BrF2N2O. The van der Waals surface area contributed by atoms with Gasteiger partial charge in [0.05, 0.1) is 5.41 Å². The Kier molecular flexibility index (Phi) is 3.65. The Balaban J connectivity index is 2.37. The number of aromatic amines is 1. The molecule has 1 unspecified atom stereocenters. The topological polar surface area (TPSA) is 44.9 Å². The van der Waals surface area contributed by atoms with Crippen molar-refractivity contribution >= 4 is 22.3 Å². The van der Waals surface area contributed by atoms with E-state index in [1.807, 2.05) is 0 Å². The monoisotopic (exact) mass is 316 g/mol. The van der Waals surface area contributed by atoms with Gasteiger partial charge in [0.2, 0.25) is 6.41 Å². The Labute approximate surface area is 111 Å². The highest BCUT2D eigenvalue weighted by atomic mass is 79.9. The molecule has 0 radical (unpaired) electrons. The minimum atomic E-state index is -0.859. The predicted molar refractivity (Wildman–Crippen MR) is 67.2 cm³/mol. The van der Waals surface area contributed by atoms with E-state index < -0.39 is 17.1 Å². The van der Waals surface area contributed by atoms with Crippen LogP contribution in [0.5, 0.6) is 0 Å². The number of hydrogen-bond donors (Lipinski definition) is 2. The maximum Gasteiger partial charge on any atom is 0.207 e. The molecule has 0 saturated carbocycles. The quantitative estimate of drug-likeness (QED) is 0.824. The highest BCUT2D eigenvalue weighted by Gasteiger charge is 2.35. The number of rotatable bonds is 4. The van der Waals surface area contributed by atoms with Gasteiger partial charge >= 0.3 is 0 Å². The van der Waals surface area contributed by atoms with Crippen LogP contribution in [-0.4, -0.2) is 17.9 Å². The van der Waals surface area contributed by atoms with Crippen molar-refractivity contribution in [2.45, 2.75) is 11.8 Å². The molecule has 18 heavy (non-hydrogen) atoms. The van der Waals surface area contributed by atoms with Gasteiger partial charge in [-0.05, 0) is 28.1 Å². The third-order valence-corrected chi connectivity index (χ3v) is 3.42. The van der Waals surface area contributed by atoms with Crippen LogP contribution in [0.25, 0.3) is 0 Å². The fourth-order valence-electron chi connectivity index (χ4n) is 2.02. The smallest absolute Gasteiger partial charge is 0.207 e. The van der Waals surface area contributed by atoms with E-state index in [1.54, 1.807) is 18.3 Å². The van der Waals surface area contributed by atoms with Crippen LogP contribution in [-0.2, 0) is 10.2 Å². The van der Waals surface area contributed by atoms with Crippen molar-refractivity contribution in [3.8, 4) is 0 Å². The molecule has 0 saturated heterocycles. The van der Waals surface area contributed by atoms with Gasteiger partial charge in [-0.3, -0.25) is 4.79 Å². The van der Waals surface area contributed by atoms with Crippen LogP contribution < -0.4 is 5.32 Å². The molecule has 1 aromatic rings. The van der Waals surface area contributed by atoms with E-state index in [2.05, 4.69) is 26.2 Å². The Morgan fingerprint density at radius 2 is 2.33 bits per heavy atom. The summed E-state index contributed by atoms with van der Waals surface area (Å²) in [5.74, 6) is -1.67. The molecule has 2 rings (SSSR count). The van der Waals surface area contributed by atoms with Crippen LogP contribution in [0.2, 0.25) is 0 Å². The number of carbonyl (C=O) groups excluding carboxylic acids is 1. The van der Waals surface area contributed by atoms with Gasteiger partial charge in [0.15, 0.2) is 5.83 Å². The Hall–Kier alpha value is -1.43. The molecule has 0 fully saturated rings. The highest BCUT2D eigenvalue weighted by molar-refractivity contribution is 9.10. The summed E-state index contributed by atoms with van der Waals surface area (Å²) in [6.07, 6.45) is 4.79. The lowest BCUT2D eigenvalue weighted by atomic mass is 9.78. The number of amides is 1. The lowest BCUT2D eigenvalue weighted by Crippen LogP contribution is -2.37. The molecule has 1 aromatic heterocycles. The lowest BCUT2D eigenvalue weighted by molar-refractivity contribution is -0.109. The van der Waals surface area contributed by atoms with Gasteiger partial charge < -0.3 is 10.3 Å². The molecule has 3 nitrogen and oxygen atoms in total. The molecule has 0 bridgehead atoms. The summed E-state index contributed by atoms with van der Waals surface area (Å²) < 4.78 is 27.4. The molecule has 96 valence electrons. The van der Waals surface area contributed by atoms with E-state index in [9.17, 15) is 13.6 Å². The van der Waals surface area contributed by atoms with E-state index in [-0.39, 0.29) is 13.0 Å². The summed E-state index contributed by atoms with van der Waals surface area (Å²) in [6.45, 7) is 0.195. The molecule has 1 atom stereocenters. The van der Waals surface area contributed by atoms with E-state index in [1.165, 1.54) is 0 Å². The first-order valence-corrected chi connectivity index (χ1v) is 6.11. The molecule has 0 spiro atoms. The van der Waals surface area contributed by atoms with Crippen LogP contribution in [0.15, 0.2) is 40.5 Å². The second-order valence-electron chi connectivity index (χ2n) is 4.15. The minimum Gasteiger partial charge on any atom is -0.363 e. The van der Waals surface area contributed by atoms with Crippen molar-refractivity contribution in [3.05, 3.63) is 46.2 Å². The van der Waals surface area contributed by atoms with Crippen LogP contribution in [0, 0.1) is 0 Å². The third kappa shape index (κ3) is 2.38.